The molecule has 1 fully saturated rings. The van der Waals surface area contributed by atoms with Crippen LogP contribution < -0.4 is 5.73 Å². The minimum absolute atomic E-state index is 0.196. The van der Waals surface area contributed by atoms with Gasteiger partial charge in [-0.15, -0.1) is 0 Å². The molecule has 2 N–H and O–H groups in total. The topological polar surface area (TPSA) is 38.5 Å². The molecular weight excluding hydrogens is 236 g/mol. The molecule has 0 amide bonds. The predicted molar refractivity (Wildman–Crippen MR) is 78.9 cm³/mol. The Kier molecular flexibility index (Phi) is 5.37. The van der Waals surface area contributed by atoms with Gasteiger partial charge in [-0.3, -0.25) is 4.90 Å². The van der Waals surface area contributed by atoms with Crippen molar-refractivity contribution < 1.29 is 4.74 Å². The summed E-state index contributed by atoms with van der Waals surface area (Å²) in [4.78, 5) is 2.47. The number of nitrogens with two attached hydrogens (primary N) is 1. The summed E-state index contributed by atoms with van der Waals surface area (Å²) in [5.74, 6) is 0.494. The van der Waals surface area contributed by atoms with E-state index in [9.17, 15) is 0 Å². The molecule has 1 aromatic rings. The Labute approximate surface area is 116 Å². The summed E-state index contributed by atoms with van der Waals surface area (Å²) in [6.45, 7) is 8.14. The maximum atomic E-state index is 6.12. The Balaban J connectivity index is 1.80. The van der Waals surface area contributed by atoms with Gasteiger partial charge in [0, 0.05) is 26.2 Å². The summed E-state index contributed by atoms with van der Waals surface area (Å²) >= 11 is 0. The van der Waals surface area contributed by atoms with Gasteiger partial charge in [0.2, 0.25) is 0 Å². The van der Waals surface area contributed by atoms with Gasteiger partial charge in [-0.25, -0.2) is 0 Å². The molecule has 0 saturated carbocycles. The molecular formula is C16H26N2O. The molecule has 1 heterocycles. The highest BCUT2D eigenvalue weighted by Crippen LogP contribution is 2.19. The van der Waals surface area contributed by atoms with Crippen molar-refractivity contribution in [3.63, 3.8) is 0 Å². The van der Waals surface area contributed by atoms with Crippen molar-refractivity contribution in [3.05, 3.63) is 35.9 Å². The quantitative estimate of drug-likeness (QED) is 0.854. The molecule has 0 radical (unpaired) electrons. The van der Waals surface area contributed by atoms with E-state index in [1.54, 1.807) is 0 Å². The lowest BCUT2D eigenvalue weighted by molar-refractivity contribution is -0.0249. The lowest BCUT2D eigenvalue weighted by atomic mass is 10.1. The van der Waals surface area contributed by atoms with Crippen molar-refractivity contribution in [1.82, 2.24) is 4.90 Å². The number of rotatable bonds is 6. The van der Waals surface area contributed by atoms with Crippen molar-refractivity contribution in [1.29, 1.82) is 0 Å². The van der Waals surface area contributed by atoms with E-state index in [2.05, 4.69) is 49.1 Å². The van der Waals surface area contributed by atoms with Crippen LogP contribution in [0.2, 0.25) is 0 Å². The highest BCUT2D eigenvalue weighted by Gasteiger charge is 2.26. The maximum Gasteiger partial charge on any atom is 0.0724 e. The van der Waals surface area contributed by atoms with Gasteiger partial charge in [0.15, 0.2) is 0 Å². The third-order valence-corrected chi connectivity index (χ3v) is 3.82. The first-order chi connectivity index (χ1) is 9.19. The zero-order valence-corrected chi connectivity index (χ0v) is 12.1. The fraction of sp³-hybridized carbons (Fsp3) is 0.625. The number of ether oxygens (including phenoxy) is 1. The fourth-order valence-electron chi connectivity index (χ4n) is 2.63. The lowest BCUT2D eigenvalue weighted by Gasteiger charge is -2.24. The summed E-state index contributed by atoms with van der Waals surface area (Å²) in [7, 11) is 0. The molecule has 1 aliphatic rings. The van der Waals surface area contributed by atoms with E-state index in [1.807, 2.05) is 0 Å². The molecule has 106 valence electrons. The Morgan fingerprint density at radius 3 is 2.68 bits per heavy atom. The number of likely N-dealkylation sites (tertiary alicyclic amines) is 1. The SMILES string of the molecule is CC(C)C(CN)OC1CCN(Cc2ccccc2)C1. The summed E-state index contributed by atoms with van der Waals surface area (Å²) in [5, 5.41) is 0. The first-order valence-corrected chi connectivity index (χ1v) is 7.31. The average Bonchev–Trinajstić information content (AvgIpc) is 2.84. The van der Waals surface area contributed by atoms with Gasteiger partial charge in [-0.05, 0) is 17.9 Å². The summed E-state index contributed by atoms with van der Waals surface area (Å²) in [6.07, 6.45) is 1.66. The van der Waals surface area contributed by atoms with Gasteiger partial charge in [-0.2, -0.15) is 0 Å². The zero-order chi connectivity index (χ0) is 13.7. The lowest BCUT2D eigenvalue weighted by Crippen LogP contribution is -2.34. The fourth-order valence-corrected chi connectivity index (χ4v) is 2.63. The summed E-state index contributed by atoms with van der Waals surface area (Å²) in [5.41, 5.74) is 7.15. The summed E-state index contributed by atoms with van der Waals surface area (Å²) in [6, 6.07) is 10.6. The standard InChI is InChI=1S/C16H26N2O/c1-13(2)16(10-17)19-15-8-9-18(12-15)11-14-6-4-3-5-7-14/h3-7,13,15-16H,8-12,17H2,1-2H3. The van der Waals surface area contributed by atoms with Crippen LogP contribution in [0.5, 0.6) is 0 Å². The largest absolute Gasteiger partial charge is 0.372 e. The number of hydrogen-bond acceptors (Lipinski definition) is 3. The van der Waals surface area contributed by atoms with Gasteiger partial charge in [0.05, 0.1) is 12.2 Å². The minimum atomic E-state index is 0.196. The van der Waals surface area contributed by atoms with Crippen molar-refractivity contribution in [2.75, 3.05) is 19.6 Å². The first-order valence-electron chi connectivity index (χ1n) is 7.31. The normalized spacial score (nSPS) is 22.0. The van der Waals surface area contributed by atoms with Gasteiger partial charge in [-0.1, -0.05) is 44.2 Å². The molecule has 19 heavy (non-hydrogen) atoms. The van der Waals surface area contributed by atoms with Crippen molar-refractivity contribution >= 4 is 0 Å². The van der Waals surface area contributed by atoms with E-state index in [1.165, 1.54) is 5.56 Å². The van der Waals surface area contributed by atoms with Crippen molar-refractivity contribution in [3.8, 4) is 0 Å². The Morgan fingerprint density at radius 2 is 2.05 bits per heavy atom. The summed E-state index contributed by atoms with van der Waals surface area (Å²) < 4.78 is 6.12. The molecule has 3 nitrogen and oxygen atoms in total. The Morgan fingerprint density at radius 1 is 1.32 bits per heavy atom. The molecule has 2 unspecified atom stereocenters. The van der Waals surface area contributed by atoms with Gasteiger partial charge < -0.3 is 10.5 Å². The van der Waals surface area contributed by atoms with Crippen LogP contribution in [0.25, 0.3) is 0 Å². The smallest absolute Gasteiger partial charge is 0.0724 e. The monoisotopic (exact) mass is 262 g/mol. The predicted octanol–water partition coefficient (Wildman–Crippen LogP) is 2.26. The second kappa shape index (κ2) is 7.04. The molecule has 1 aliphatic heterocycles. The van der Waals surface area contributed by atoms with Crippen LogP contribution in [0.1, 0.15) is 25.8 Å². The van der Waals surface area contributed by atoms with Gasteiger partial charge >= 0.3 is 0 Å². The Hall–Kier alpha value is -0.900. The highest BCUT2D eigenvalue weighted by atomic mass is 16.5. The van der Waals surface area contributed by atoms with E-state index in [0.717, 1.165) is 26.1 Å². The van der Waals surface area contributed by atoms with Crippen molar-refractivity contribution in [2.45, 2.75) is 39.0 Å². The van der Waals surface area contributed by atoms with Gasteiger partial charge in [0.25, 0.3) is 0 Å². The van der Waals surface area contributed by atoms with Crippen LogP contribution >= 0.6 is 0 Å². The van der Waals surface area contributed by atoms with Crippen LogP contribution in [-0.4, -0.2) is 36.7 Å². The number of nitrogens with zero attached hydrogens (tertiary/aromatic N) is 1. The van der Waals surface area contributed by atoms with Crippen LogP contribution in [-0.2, 0) is 11.3 Å². The molecule has 0 spiro atoms. The number of hydrogen-bond donors (Lipinski definition) is 1. The molecule has 0 aliphatic carbocycles. The van der Waals surface area contributed by atoms with E-state index in [0.29, 0.717) is 18.6 Å². The third kappa shape index (κ3) is 4.30. The van der Waals surface area contributed by atoms with E-state index in [-0.39, 0.29) is 6.10 Å². The first kappa shape index (κ1) is 14.5. The zero-order valence-electron chi connectivity index (χ0n) is 12.1. The maximum absolute atomic E-state index is 6.12. The highest BCUT2D eigenvalue weighted by molar-refractivity contribution is 5.14. The molecule has 2 atom stereocenters. The second-order valence-electron chi connectivity index (χ2n) is 5.79. The second-order valence-corrected chi connectivity index (χ2v) is 5.79. The van der Waals surface area contributed by atoms with E-state index < -0.39 is 0 Å². The average molecular weight is 262 g/mol. The van der Waals surface area contributed by atoms with Crippen LogP contribution in [0, 0.1) is 5.92 Å². The minimum Gasteiger partial charge on any atom is -0.372 e. The molecule has 1 saturated heterocycles. The van der Waals surface area contributed by atoms with Crippen LogP contribution in [0.15, 0.2) is 30.3 Å². The Bertz CT molecular complexity index is 366. The van der Waals surface area contributed by atoms with E-state index >= 15 is 0 Å². The molecule has 1 aromatic carbocycles. The molecule has 0 bridgehead atoms. The molecule has 0 aromatic heterocycles. The molecule has 3 heteroatoms. The van der Waals surface area contributed by atoms with E-state index in [4.69, 9.17) is 10.5 Å². The van der Waals surface area contributed by atoms with Crippen LogP contribution in [0.4, 0.5) is 0 Å². The van der Waals surface area contributed by atoms with Gasteiger partial charge in [0.1, 0.15) is 0 Å². The third-order valence-electron chi connectivity index (χ3n) is 3.82. The van der Waals surface area contributed by atoms with Crippen LogP contribution in [0.3, 0.4) is 0 Å². The molecule has 2 rings (SSSR count). The van der Waals surface area contributed by atoms with Crippen molar-refractivity contribution in [2.24, 2.45) is 11.7 Å². The number of benzene rings is 1.